The smallest absolute Gasteiger partial charge is 0.475 e. The summed E-state index contributed by atoms with van der Waals surface area (Å²) in [4.78, 5) is 37.9. The highest BCUT2D eigenvalue weighted by atomic mass is 19.4. The molecule has 2 saturated heterocycles. The number of para-hydroxylation sites is 1. The zero-order valence-corrected chi connectivity index (χ0v) is 17.6. The predicted molar refractivity (Wildman–Crippen MR) is 115 cm³/mol. The summed E-state index contributed by atoms with van der Waals surface area (Å²) in [6.45, 7) is 1.37. The maximum absolute atomic E-state index is 12.8. The van der Waals surface area contributed by atoms with Gasteiger partial charge in [-0.15, -0.1) is 0 Å². The van der Waals surface area contributed by atoms with Crippen molar-refractivity contribution < 1.29 is 32.7 Å². The number of carbonyl (C=O) groups is 3. The third kappa shape index (κ3) is 4.57. The number of halogens is 3. The minimum Gasteiger partial charge on any atom is -0.475 e. The second-order valence-electron chi connectivity index (χ2n) is 8.09. The molecule has 12 heteroatoms. The molecule has 2 amide bonds. The van der Waals surface area contributed by atoms with Crippen LogP contribution in [0.2, 0.25) is 0 Å². The fourth-order valence-electron chi connectivity index (χ4n) is 4.01. The third-order valence-electron chi connectivity index (χ3n) is 5.74. The summed E-state index contributed by atoms with van der Waals surface area (Å²) in [5.41, 5.74) is 3.18. The number of imidazole rings is 1. The molecule has 0 saturated carbocycles. The number of anilines is 1. The van der Waals surface area contributed by atoms with Crippen molar-refractivity contribution in [3.8, 4) is 5.69 Å². The Bertz CT molecular complexity index is 1240. The molecule has 2 aliphatic rings. The van der Waals surface area contributed by atoms with Crippen LogP contribution < -0.4 is 16.0 Å². The molecule has 34 heavy (non-hydrogen) atoms. The molecule has 5 rings (SSSR count). The molecular weight excluding hydrogens is 455 g/mol. The van der Waals surface area contributed by atoms with Crippen molar-refractivity contribution in [1.82, 2.24) is 20.2 Å². The van der Waals surface area contributed by atoms with Crippen LogP contribution in [0.3, 0.4) is 0 Å². The van der Waals surface area contributed by atoms with Gasteiger partial charge in [-0.25, -0.2) is 9.78 Å². The standard InChI is InChI=1S/C20H19N5O2.C2HF3O2/c26-17-9-20(10-21-11-20)18(24-17)19(27)23-13-6-7-16-15(8-13)22-12-25(16)14-4-2-1-3-5-14;3-2(4,5)1(6)7/h1-8,12,18,21H,9-11H2,(H,23,27)(H,24,26);(H,6,7). The van der Waals surface area contributed by atoms with Gasteiger partial charge < -0.3 is 21.1 Å². The van der Waals surface area contributed by atoms with Gasteiger partial charge >= 0.3 is 12.1 Å². The molecule has 1 atom stereocenters. The summed E-state index contributed by atoms with van der Waals surface area (Å²) in [6.07, 6.45) is -2.91. The minimum absolute atomic E-state index is 0.0614. The number of nitrogens with zero attached hydrogens (tertiary/aromatic N) is 2. The molecule has 2 aromatic carbocycles. The Morgan fingerprint density at radius 3 is 2.41 bits per heavy atom. The van der Waals surface area contributed by atoms with E-state index in [0.29, 0.717) is 25.2 Å². The molecule has 0 aliphatic carbocycles. The number of amides is 2. The van der Waals surface area contributed by atoms with Gasteiger partial charge in [-0.3, -0.25) is 14.2 Å². The zero-order valence-electron chi connectivity index (χ0n) is 17.6. The molecule has 178 valence electrons. The van der Waals surface area contributed by atoms with Crippen molar-refractivity contribution in [3.05, 3.63) is 54.9 Å². The van der Waals surface area contributed by atoms with Gasteiger partial charge in [0.15, 0.2) is 0 Å². The number of hydrogen-bond acceptors (Lipinski definition) is 5. The Labute approximate surface area is 191 Å². The summed E-state index contributed by atoms with van der Waals surface area (Å²) >= 11 is 0. The van der Waals surface area contributed by atoms with E-state index < -0.39 is 18.2 Å². The molecule has 4 N–H and O–H groups in total. The molecule has 3 heterocycles. The van der Waals surface area contributed by atoms with E-state index in [1.807, 2.05) is 53.1 Å². The molecular formula is C22H20F3N5O4. The van der Waals surface area contributed by atoms with Gasteiger partial charge in [0, 0.05) is 36.3 Å². The van der Waals surface area contributed by atoms with Crippen molar-refractivity contribution >= 4 is 34.5 Å². The maximum atomic E-state index is 12.8. The molecule has 2 fully saturated rings. The number of aliphatic carboxylic acids is 1. The van der Waals surface area contributed by atoms with Gasteiger partial charge in [0.1, 0.15) is 12.4 Å². The second kappa shape index (κ2) is 8.78. The van der Waals surface area contributed by atoms with E-state index in [2.05, 4.69) is 20.9 Å². The largest absolute Gasteiger partial charge is 0.490 e. The quantitative estimate of drug-likeness (QED) is 0.460. The van der Waals surface area contributed by atoms with E-state index in [-0.39, 0.29) is 17.2 Å². The summed E-state index contributed by atoms with van der Waals surface area (Å²) in [6, 6.07) is 15.1. The van der Waals surface area contributed by atoms with Crippen LogP contribution in [-0.4, -0.2) is 57.7 Å². The topological polar surface area (TPSA) is 125 Å². The average molecular weight is 475 g/mol. The van der Waals surface area contributed by atoms with Gasteiger partial charge in [0.2, 0.25) is 11.8 Å². The summed E-state index contributed by atoms with van der Waals surface area (Å²) < 4.78 is 33.7. The lowest BCUT2D eigenvalue weighted by Crippen LogP contribution is -2.62. The first-order valence-electron chi connectivity index (χ1n) is 10.2. The van der Waals surface area contributed by atoms with Gasteiger partial charge in [-0.2, -0.15) is 13.2 Å². The molecule has 0 radical (unpaired) electrons. The fraction of sp³-hybridized carbons (Fsp3) is 0.273. The number of carbonyl (C=O) groups excluding carboxylic acids is 2. The van der Waals surface area contributed by atoms with E-state index in [1.165, 1.54) is 0 Å². The van der Waals surface area contributed by atoms with E-state index >= 15 is 0 Å². The highest BCUT2D eigenvalue weighted by Gasteiger charge is 2.54. The minimum atomic E-state index is -5.08. The molecule has 1 aromatic heterocycles. The van der Waals surface area contributed by atoms with Crippen LogP contribution in [0.15, 0.2) is 54.9 Å². The Kier molecular flexibility index (Phi) is 6.00. The molecule has 2 aliphatic heterocycles. The van der Waals surface area contributed by atoms with Gasteiger partial charge in [-0.1, -0.05) is 18.2 Å². The van der Waals surface area contributed by atoms with Crippen LogP contribution in [0.4, 0.5) is 18.9 Å². The first kappa shape index (κ1) is 23.2. The number of fused-ring (bicyclic) bond motifs is 1. The van der Waals surface area contributed by atoms with Crippen LogP contribution in [0.25, 0.3) is 16.7 Å². The maximum Gasteiger partial charge on any atom is 0.490 e. The number of benzene rings is 2. The Morgan fingerprint density at radius 2 is 1.82 bits per heavy atom. The molecule has 9 nitrogen and oxygen atoms in total. The van der Waals surface area contributed by atoms with Crippen molar-refractivity contribution in [2.75, 3.05) is 18.4 Å². The number of rotatable bonds is 3. The zero-order chi connectivity index (χ0) is 24.5. The van der Waals surface area contributed by atoms with Crippen LogP contribution in [0.5, 0.6) is 0 Å². The predicted octanol–water partition coefficient (Wildman–Crippen LogP) is 2.08. The number of aromatic nitrogens is 2. The lowest BCUT2D eigenvalue weighted by molar-refractivity contribution is -0.192. The van der Waals surface area contributed by atoms with E-state index in [0.717, 1.165) is 16.7 Å². The first-order chi connectivity index (χ1) is 16.1. The van der Waals surface area contributed by atoms with Gasteiger partial charge in [-0.05, 0) is 30.3 Å². The number of alkyl halides is 3. The molecule has 3 aromatic rings. The van der Waals surface area contributed by atoms with Gasteiger partial charge in [0.25, 0.3) is 0 Å². The normalized spacial score (nSPS) is 18.6. The van der Waals surface area contributed by atoms with Crippen LogP contribution in [0.1, 0.15) is 6.42 Å². The summed E-state index contributed by atoms with van der Waals surface area (Å²) in [5.74, 6) is -3.00. The molecule has 0 bridgehead atoms. The van der Waals surface area contributed by atoms with E-state index in [9.17, 15) is 22.8 Å². The Hall–Kier alpha value is -3.93. The van der Waals surface area contributed by atoms with Crippen molar-refractivity contribution in [1.29, 1.82) is 0 Å². The van der Waals surface area contributed by atoms with Crippen molar-refractivity contribution in [2.45, 2.75) is 18.6 Å². The fourth-order valence-corrected chi connectivity index (χ4v) is 4.01. The first-order valence-corrected chi connectivity index (χ1v) is 10.2. The number of carboxylic acids is 1. The van der Waals surface area contributed by atoms with Crippen molar-refractivity contribution in [2.24, 2.45) is 5.41 Å². The SMILES string of the molecule is O=C(O)C(F)(F)F.O=C1CC2(CNC2)C(C(=O)Nc2ccc3c(c2)ncn3-c2ccccc2)N1. The Morgan fingerprint density at radius 1 is 1.15 bits per heavy atom. The van der Waals surface area contributed by atoms with Crippen molar-refractivity contribution in [3.63, 3.8) is 0 Å². The summed E-state index contributed by atoms with van der Waals surface area (Å²) in [7, 11) is 0. The monoisotopic (exact) mass is 475 g/mol. The average Bonchev–Trinajstić information content (AvgIpc) is 3.35. The third-order valence-corrected chi connectivity index (χ3v) is 5.74. The van der Waals surface area contributed by atoms with Crippen LogP contribution in [0, 0.1) is 5.41 Å². The van der Waals surface area contributed by atoms with E-state index in [4.69, 9.17) is 9.90 Å². The highest BCUT2D eigenvalue weighted by molar-refractivity contribution is 6.01. The Balaban J connectivity index is 0.000000344. The summed E-state index contributed by atoms with van der Waals surface area (Å²) in [5, 5.41) is 16.1. The number of nitrogens with one attached hydrogen (secondary N) is 3. The van der Waals surface area contributed by atoms with Crippen LogP contribution >= 0.6 is 0 Å². The highest BCUT2D eigenvalue weighted by Crippen LogP contribution is 2.36. The lowest BCUT2D eigenvalue weighted by Gasteiger charge is -2.41. The van der Waals surface area contributed by atoms with Gasteiger partial charge in [0.05, 0.1) is 11.0 Å². The molecule has 1 spiro atoms. The van der Waals surface area contributed by atoms with Crippen LogP contribution in [-0.2, 0) is 14.4 Å². The molecule has 1 unspecified atom stereocenters. The number of hydrogen-bond donors (Lipinski definition) is 4. The lowest BCUT2D eigenvalue weighted by atomic mass is 9.74. The number of carboxylic acid groups (broad SMARTS) is 1. The second-order valence-corrected chi connectivity index (χ2v) is 8.09. The van der Waals surface area contributed by atoms with E-state index in [1.54, 1.807) is 6.33 Å².